The van der Waals surface area contributed by atoms with Gasteiger partial charge in [0.05, 0.1) is 75.7 Å². The molecular formula is C71H80Cl2N2O14. The third kappa shape index (κ3) is 22.0. The van der Waals surface area contributed by atoms with Crippen molar-refractivity contribution >= 4 is 52.7 Å². The van der Waals surface area contributed by atoms with Crippen LogP contribution in [0.5, 0.6) is 46.0 Å². The molecule has 8 aromatic carbocycles. The average Bonchev–Trinajstić information content (AvgIpc) is 1.83. The number of amides is 2. The number of rotatable bonds is 14. The van der Waals surface area contributed by atoms with Crippen molar-refractivity contribution in [3.05, 3.63) is 230 Å². The molecule has 16 nitrogen and oxygen atoms in total. The van der Waals surface area contributed by atoms with Crippen molar-refractivity contribution in [3.8, 4) is 46.0 Å². The lowest BCUT2D eigenvalue weighted by Crippen LogP contribution is -2.29. The zero-order valence-corrected chi connectivity index (χ0v) is 53.8. The predicted octanol–water partition coefficient (Wildman–Crippen LogP) is 15.3. The molecule has 18 heteroatoms. The van der Waals surface area contributed by atoms with Crippen molar-refractivity contribution in [1.82, 2.24) is 0 Å². The number of aliphatic hydroxyl groups is 3. The van der Waals surface area contributed by atoms with E-state index < -0.39 is 12.2 Å². The fourth-order valence-electron chi connectivity index (χ4n) is 8.24. The minimum Gasteiger partial charge on any atom is -0.506 e. The standard InChI is InChI=1S/C17H13NO3.C10H14O3.C10H14O2.C9H10O2.C9H12O2.C8H7Cl2NO.C8H10O/c1-2-15(19)11-7-9-12(10-8-11)18-16(20)13-5-3-4-6-14(13)17(18)21;1-7(11)8-4-5-9(12-2)10(6-8)13-3;1-4-8-5-6-9(11-2)10(7-8)12-3;1-2-7-3-4-8-9(5-7)11-6-10-8;1-7(10)8-3-5-9(11-2)6-4-8;1-11-4-5-2-6(9)3-7(10)8(5)12;1-7(9)8-5-3-2-4-6-8/h3-10H,2H2,1H3;4-7,11H,1-3H3;5-7H,4H2,1-3H3;3-5H,2,6H2,1H3;3-7,10H,1-2H3;2-4,12H,1H3;2-7,9H,1H3. The van der Waals surface area contributed by atoms with Gasteiger partial charge in [0, 0.05) is 35.8 Å². The number of aliphatic imine (C=N–C) groups is 1. The molecule has 0 spiro atoms. The van der Waals surface area contributed by atoms with Crippen molar-refractivity contribution in [3.63, 3.8) is 0 Å². The normalized spacial score (nSPS) is 12.3. The van der Waals surface area contributed by atoms with Crippen LogP contribution in [0, 0.1) is 0 Å². The Balaban J connectivity index is 0.000000226. The maximum atomic E-state index is 12.3. The highest BCUT2D eigenvalue weighted by molar-refractivity contribution is 6.36. The van der Waals surface area contributed by atoms with Crippen LogP contribution in [-0.4, -0.2) is 93.6 Å². The number of nitrogens with zero attached hydrogens (tertiary/aromatic N) is 2. The molecule has 0 aromatic heterocycles. The lowest BCUT2D eigenvalue weighted by atomic mass is 10.1. The van der Waals surface area contributed by atoms with Crippen LogP contribution in [0.3, 0.4) is 0 Å². The van der Waals surface area contributed by atoms with Gasteiger partial charge in [0.2, 0.25) is 6.79 Å². The number of benzene rings is 8. The first-order valence-electron chi connectivity index (χ1n) is 28.5. The second-order valence-electron chi connectivity index (χ2n) is 19.4. The van der Waals surface area contributed by atoms with Crippen LogP contribution in [0.25, 0.3) is 0 Å². The highest BCUT2D eigenvalue weighted by Gasteiger charge is 2.36. The number of fused-ring (bicyclic) bond motifs is 2. The van der Waals surface area contributed by atoms with E-state index in [2.05, 4.69) is 24.9 Å². The molecule has 8 aromatic rings. The number of aliphatic hydroxyl groups excluding tert-OH is 3. The Morgan fingerprint density at radius 2 is 1.04 bits per heavy atom. The van der Waals surface area contributed by atoms with E-state index in [1.165, 1.54) is 23.4 Å². The number of ketones is 1. The summed E-state index contributed by atoms with van der Waals surface area (Å²) in [5.41, 5.74) is 7.65. The number of aryl methyl sites for hydroxylation is 2. The first-order chi connectivity index (χ1) is 42.7. The molecule has 0 bridgehead atoms. The topological polar surface area (TPSA) is 212 Å². The molecule has 2 aliphatic heterocycles. The number of carbonyl (C=O) groups is 3. The van der Waals surface area contributed by atoms with Crippen molar-refractivity contribution < 1.29 is 68.0 Å². The molecule has 4 N–H and O–H groups in total. The maximum absolute atomic E-state index is 12.3. The molecular weight excluding hydrogens is 1180 g/mol. The number of hydrogen-bond donors (Lipinski definition) is 4. The van der Waals surface area contributed by atoms with E-state index in [1.807, 2.05) is 91.0 Å². The summed E-state index contributed by atoms with van der Waals surface area (Å²) < 4.78 is 35.8. The second-order valence-corrected chi connectivity index (χ2v) is 20.3. The quantitative estimate of drug-likeness (QED) is 0.0453. The summed E-state index contributed by atoms with van der Waals surface area (Å²) in [5, 5.41) is 37.6. The van der Waals surface area contributed by atoms with Crippen LogP contribution in [0.1, 0.15) is 131 Å². The van der Waals surface area contributed by atoms with Crippen LogP contribution in [0.15, 0.2) is 175 Å². The molecule has 472 valence electrons. The zero-order chi connectivity index (χ0) is 65.6. The summed E-state index contributed by atoms with van der Waals surface area (Å²) in [6.45, 7) is 11.6. The fourth-order valence-corrected chi connectivity index (χ4v) is 8.74. The highest BCUT2D eigenvalue weighted by atomic mass is 35.5. The lowest BCUT2D eigenvalue weighted by molar-refractivity contribution is 0.0924. The Kier molecular flexibility index (Phi) is 30.8. The number of anilines is 1. The van der Waals surface area contributed by atoms with Gasteiger partial charge in [0.25, 0.3) is 11.8 Å². The Bertz CT molecular complexity index is 3490. The van der Waals surface area contributed by atoms with Crippen molar-refractivity contribution in [2.24, 2.45) is 4.99 Å². The zero-order valence-electron chi connectivity index (χ0n) is 52.3. The lowest BCUT2D eigenvalue weighted by Gasteiger charge is -2.14. The van der Waals surface area contributed by atoms with E-state index >= 15 is 0 Å². The van der Waals surface area contributed by atoms with Gasteiger partial charge < -0.3 is 53.6 Å². The summed E-state index contributed by atoms with van der Waals surface area (Å²) in [6.07, 6.45) is 2.74. The largest absolute Gasteiger partial charge is 0.506 e. The molecule has 2 amide bonds. The summed E-state index contributed by atoms with van der Waals surface area (Å²) in [6, 6.07) is 50.7. The average molecular weight is 1260 g/mol. The van der Waals surface area contributed by atoms with Gasteiger partial charge >= 0.3 is 0 Å². The molecule has 0 aliphatic carbocycles. The SMILES string of the molecule is CC(O)c1ccccc1.CCC(=O)c1ccc(N2C(=O)c3ccccc3C2=O)cc1.CCc1ccc(OC)c(OC)c1.CCc1ccc2c(c1)OCO2.CN=Cc1cc(Cl)cc(Cl)c1O.COc1ccc(C(C)O)cc1.COc1ccc(C(C)O)cc1OC. The molecule has 0 radical (unpaired) electrons. The second kappa shape index (κ2) is 37.7. The Morgan fingerprint density at radius 3 is 1.54 bits per heavy atom. The van der Waals surface area contributed by atoms with Gasteiger partial charge in [-0.1, -0.05) is 117 Å². The predicted molar refractivity (Wildman–Crippen MR) is 352 cm³/mol. The Hall–Kier alpha value is -8.90. The van der Waals surface area contributed by atoms with E-state index in [0.29, 0.717) is 57.7 Å². The summed E-state index contributed by atoms with van der Waals surface area (Å²) in [7, 11) is 9.68. The number of phenols is 1. The number of phenolic OH excluding ortho intramolecular Hbond substituents is 1. The smallest absolute Gasteiger partial charge is 0.266 e. The molecule has 89 heavy (non-hydrogen) atoms. The van der Waals surface area contributed by atoms with Crippen LogP contribution in [0.4, 0.5) is 5.69 Å². The third-order valence-electron chi connectivity index (χ3n) is 13.4. The minimum absolute atomic E-state index is 0.00617. The van der Waals surface area contributed by atoms with Crippen molar-refractivity contribution in [1.29, 1.82) is 0 Å². The van der Waals surface area contributed by atoms with E-state index in [0.717, 1.165) is 63.2 Å². The number of ether oxygens (including phenoxy) is 7. The Labute approximate surface area is 532 Å². The van der Waals surface area contributed by atoms with E-state index in [4.69, 9.17) is 66.6 Å². The monoisotopic (exact) mass is 1250 g/mol. The van der Waals surface area contributed by atoms with Gasteiger partial charge in [-0.05, 0) is 158 Å². The molecule has 2 heterocycles. The summed E-state index contributed by atoms with van der Waals surface area (Å²) >= 11 is 11.4. The molecule has 3 unspecified atom stereocenters. The molecule has 0 fully saturated rings. The van der Waals surface area contributed by atoms with Gasteiger partial charge in [0.1, 0.15) is 11.5 Å². The van der Waals surface area contributed by atoms with Gasteiger partial charge in [-0.15, -0.1) is 0 Å². The maximum Gasteiger partial charge on any atom is 0.266 e. The number of carbonyl (C=O) groups excluding carboxylic acids is 3. The van der Waals surface area contributed by atoms with Crippen molar-refractivity contribution in [2.75, 3.05) is 54.3 Å². The molecule has 0 saturated heterocycles. The highest BCUT2D eigenvalue weighted by Crippen LogP contribution is 2.34. The van der Waals surface area contributed by atoms with Gasteiger partial charge in [-0.3, -0.25) is 19.4 Å². The van der Waals surface area contributed by atoms with Gasteiger partial charge in [-0.2, -0.15) is 0 Å². The molecule has 3 atom stereocenters. The van der Waals surface area contributed by atoms with E-state index in [-0.39, 0.29) is 34.5 Å². The van der Waals surface area contributed by atoms with Gasteiger partial charge in [-0.25, -0.2) is 4.90 Å². The molecule has 0 saturated carbocycles. The van der Waals surface area contributed by atoms with Crippen molar-refractivity contribution in [2.45, 2.75) is 79.1 Å². The molecule has 10 rings (SSSR count). The fraction of sp³-hybridized carbons (Fsp3) is 0.268. The number of Topliss-reactive ketones (excluding diaryl/α,β-unsaturated/α-hetero) is 1. The van der Waals surface area contributed by atoms with E-state index in [1.54, 1.807) is 137 Å². The van der Waals surface area contributed by atoms with Crippen LogP contribution >= 0.6 is 23.2 Å². The number of hydrogen-bond acceptors (Lipinski definition) is 15. The summed E-state index contributed by atoms with van der Waals surface area (Å²) in [5.74, 6) is 4.84. The number of halogens is 2. The Morgan fingerprint density at radius 1 is 0.562 bits per heavy atom. The van der Waals surface area contributed by atoms with Crippen LogP contribution < -0.4 is 38.1 Å². The van der Waals surface area contributed by atoms with Gasteiger partial charge in [0.15, 0.2) is 40.3 Å². The first kappa shape index (κ1) is 72.6. The number of imide groups is 1. The third-order valence-corrected chi connectivity index (χ3v) is 13.9. The minimum atomic E-state index is -0.486. The molecule has 2 aliphatic rings. The van der Waals surface area contributed by atoms with Crippen LogP contribution in [-0.2, 0) is 12.8 Å². The van der Waals surface area contributed by atoms with Crippen LogP contribution in [0.2, 0.25) is 10.0 Å². The number of aromatic hydroxyl groups is 1. The first-order valence-corrected chi connectivity index (χ1v) is 29.2. The number of methoxy groups -OCH3 is 5. The van der Waals surface area contributed by atoms with E-state index in [9.17, 15) is 24.6 Å². The summed E-state index contributed by atoms with van der Waals surface area (Å²) in [4.78, 5) is 41.1.